The molecule has 36 heavy (non-hydrogen) atoms. The molecule has 3 aromatic carbocycles. The van der Waals surface area contributed by atoms with Crippen LogP contribution in [0.1, 0.15) is 28.4 Å². The van der Waals surface area contributed by atoms with E-state index in [1.807, 2.05) is 49.4 Å². The lowest BCUT2D eigenvalue weighted by molar-refractivity contribution is -0.123. The summed E-state index contributed by atoms with van der Waals surface area (Å²) in [4.78, 5) is 26.0. The van der Waals surface area contributed by atoms with Crippen LogP contribution in [0.25, 0.3) is 6.08 Å². The highest BCUT2D eigenvalue weighted by Gasteiger charge is 2.34. The Kier molecular flexibility index (Phi) is 8.89. The third kappa shape index (κ3) is 6.39. The minimum atomic E-state index is -0.461. The first-order chi connectivity index (χ1) is 17.4. The van der Waals surface area contributed by atoms with Crippen LogP contribution in [0.3, 0.4) is 0 Å². The lowest BCUT2D eigenvalue weighted by Gasteiger charge is -2.16. The molecule has 1 heterocycles. The highest BCUT2D eigenvalue weighted by Crippen LogP contribution is 2.37. The quantitative estimate of drug-likeness (QED) is 0.171. The molecule has 1 N–H and O–H groups in total. The van der Waals surface area contributed by atoms with Crippen molar-refractivity contribution in [1.82, 2.24) is 10.4 Å². The maximum atomic E-state index is 13.0. The molecule has 0 aromatic heterocycles. The van der Waals surface area contributed by atoms with E-state index in [1.54, 1.807) is 30.3 Å². The Labute approximate surface area is 237 Å². The Morgan fingerprint density at radius 2 is 1.86 bits per heavy atom. The van der Waals surface area contributed by atoms with Crippen LogP contribution in [0, 0.1) is 3.57 Å². The van der Waals surface area contributed by atoms with Gasteiger partial charge in [-0.05, 0) is 95.3 Å². The van der Waals surface area contributed by atoms with Crippen molar-refractivity contribution in [3.05, 3.63) is 96.9 Å². The first kappa shape index (κ1) is 26.5. The normalized spacial score (nSPS) is 14.3. The molecule has 0 atom stereocenters. The van der Waals surface area contributed by atoms with E-state index < -0.39 is 11.8 Å². The van der Waals surface area contributed by atoms with E-state index in [4.69, 9.17) is 33.3 Å². The van der Waals surface area contributed by atoms with Gasteiger partial charge in [-0.25, -0.2) is 0 Å². The van der Waals surface area contributed by atoms with E-state index >= 15 is 0 Å². The van der Waals surface area contributed by atoms with Crippen LogP contribution in [0.2, 0.25) is 5.02 Å². The van der Waals surface area contributed by atoms with Crippen molar-refractivity contribution in [3.63, 3.8) is 0 Å². The standard InChI is InChI=1S/C26H20ClIN2O4S2/c1-2-33-21-13-17(12-20(28)23(21)34-15-16-6-4-3-5-7-16)14-22-25(32)30(26(35)36-22)29-24(31)18-8-10-19(27)11-9-18/h3-14H,2,15H2,1H3,(H,29,31)/b22-14+. The fourth-order valence-corrected chi connectivity index (χ4v) is 5.37. The lowest BCUT2D eigenvalue weighted by atomic mass is 10.1. The predicted molar refractivity (Wildman–Crippen MR) is 155 cm³/mol. The lowest BCUT2D eigenvalue weighted by Crippen LogP contribution is -2.44. The number of amides is 2. The molecule has 1 fully saturated rings. The van der Waals surface area contributed by atoms with E-state index in [9.17, 15) is 9.59 Å². The second-order valence-electron chi connectivity index (χ2n) is 7.50. The molecular weight excluding hydrogens is 631 g/mol. The fraction of sp³-hybridized carbons (Fsp3) is 0.115. The van der Waals surface area contributed by atoms with Gasteiger partial charge in [0, 0.05) is 10.6 Å². The molecule has 1 aliphatic heterocycles. The Hall–Kier alpha value is -2.60. The highest BCUT2D eigenvalue weighted by molar-refractivity contribution is 14.1. The van der Waals surface area contributed by atoms with Crippen LogP contribution in [0.15, 0.2) is 71.6 Å². The maximum Gasteiger partial charge on any atom is 0.285 e. The average molecular weight is 651 g/mol. The van der Waals surface area contributed by atoms with Crippen molar-refractivity contribution < 1.29 is 19.1 Å². The number of thiocarbonyl (C=S) groups is 1. The van der Waals surface area contributed by atoms with Crippen LogP contribution >= 0.6 is 58.2 Å². The number of nitrogens with zero attached hydrogens (tertiary/aromatic N) is 1. The van der Waals surface area contributed by atoms with Gasteiger partial charge in [0.25, 0.3) is 11.8 Å². The molecule has 6 nitrogen and oxygen atoms in total. The molecule has 0 radical (unpaired) electrons. The van der Waals surface area contributed by atoms with Crippen molar-refractivity contribution in [2.24, 2.45) is 0 Å². The number of thioether (sulfide) groups is 1. The van der Waals surface area contributed by atoms with Crippen LogP contribution in [-0.4, -0.2) is 27.8 Å². The van der Waals surface area contributed by atoms with Gasteiger partial charge in [0.1, 0.15) is 6.61 Å². The molecular formula is C26H20ClIN2O4S2. The van der Waals surface area contributed by atoms with E-state index in [2.05, 4.69) is 28.0 Å². The van der Waals surface area contributed by atoms with Crippen LogP contribution in [0.5, 0.6) is 11.5 Å². The zero-order valence-electron chi connectivity index (χ0n) is 19.0. The van der Waals surface area contributed by atoms with Gasteiger partial charge in [0.15, 0.2) is 15.8 Å². The SMILES string of the molecule is CCOc1cc(/C=C2/SC(=S)N(NC(=O)c3ccc(Cl)cc3)C2=O)cc(I)c1OCc1ccccc1. The fourth-order valence-electron chi connectivity index (χ4n) is 3.29. The molecule has 1 aliphatic rings. The number of hydrogen-bond donors (Lipinski definition) is 1. The first-order valence-electron chi connectivity index (χ1n) is 10.8. The molecule has 0 unspecified atom stereocenters. The summed E-state index contributed by atoms with van der Waals surface area (Å²) in [7, 11) is 0. The zero-order valence-corrected chi connectivity index (χ0v) is 23.5. The summed E-state index contributed by atoms with van der Waals surface area (Å²) in [5.41, 5.74) is 4.72. The molecule has 0 saturated carbocycles. The number of hydrogen-bond acceptors (Lipinski definition) is 6. The minimum Gasteiger partial charge on any atom is -0.490 e. The van der Waals surface area contributed by atoms with Crippen molar-refractivity contribution in [1.29, 1.82) is 0 Å². The van der Waals surface area contributed by atoms with Crippen molar-refractivity contribution in [3.8, 4) is 11.5 Å². The minimum absolute atomic E-state index is 0.233. The topological polar surface area (TPSA) is 67.9 Å². The molecule has 0 spiro atoms. The van der Waals surface area contributed by atoms with E-state index in [1.165, 1.54) is 0 Å². The molecule has 4 rings (SSSR count). The second-order valence-corrected chi connectivity index (χ2v) is 10.8. The molecule has 184 valence electrons. The first-order valence-corrected chi connectivity index (χ1v) is 13.5. The Morgan fingerprint density at radius 1 is 1.14 bits per heavy atom. The molecule has 0 bridgehead atoms. The number of rotatable bonds is 8. The Bertz CT molecular complexity index is 1330. The van der Waals surface area contributed by atoms with Gasteiger partial charge in [-0.1, -0.05) is 53.7 Å². The maximum absolute atomic E-state index is 13.0. The highest BCUT2D eigenvalue weighted by atomic mass is 127. The number of benzene rings is 3. The average Bonchev–Trinajstić information content (AvgIpc) is 3.12. The molecule has 2 amide bonds. The number of halogens is 2. The van der Waals surface area contributed by atoms with Crippen molar-refractivity contribution in [2.45, 2.75) is 13.5 Å². The summed E-state index contributed by atoms with van der Waals surface area (Å²) in [6.07, 6.45) is 1.72. The number of carbonyl (C=O) groups excluding carboxylic acids is 2. The van der Waals surface area contributed by atoms with Gasteiger partial charge in [-0.15, -0.1) is 0 Å². The van der Waals surface area contributed by atoms with Crippen molar-refractivity contribution >= 4 is 80.4 Å². The number of hydrazine groups is 1. The third-order valence-corrected chi connectivity index (χ3v) is 7.32. The number of ether oxygens (including phenoxy) is 2. The Balaban J connectivity index is 1.53. The summed E-state index contributed by atoms with van der Waals surface area (Å²) in [5.74, 6) is 0.348. The van der Waals surface area contributed by atoms with E-state index in [0.29, 0.717) is 40.2 Å². The molecule has 1 saturated heterocycles. The summed E-state index contributed by atoms with van der Waals surface area (Å²) in [6, 6.07) is 20.0. The van der Waals surface area contributed by atoms with E-state index in [0.717, 1.165) is 31.5 Å². The molecule has 10 heteroatoms. The van der Waals surface area contributed by atoms with Crippen LogP contribution < -0.4 is 14.9 Å². The molecule has 0 aliphatic carbocycles. The van der Waals surface area contributed by atoms with Gasteiger partial charge < -0.3 is 9.47 Å². The number of nitrogens with one attached hydrogen (secondary N) is 1. The second kappa shape index (κ2) is 12.1. The smallest absolute Gasteiger partial charge is 0.285 e. The van der Waals surface area contributed by atoms with Gasteiger partial charge in [-0.2, -0.15) is 5.01 Å². The largest absolute Gasteiger partial charge is 0.490 e. The van der Waals surface area contributed by atoms with Gasteiger partial charge in [0.05, 0.1) is 15.1 Å². The summed E-state index contributed by atoms with van der Waals surface area (Å²) < 4.78 is 13.0. The van der Waals surface area contributed by atoms with Gasteiger partial charge in [0.2, 0.25) is 0 Å². The summed E-state index contributed by atoms with van der Waals surface area (Å²) >= 11 is 14.5. The summed E-state index contributed by atoms with van der Waals surface area (Å²) in [5, 5.41) is 1.59. The van der Waals surface area contributed by atoms with Gasteiger partial charge >= 0.3 is 0 Å². The number of carbonyl (C=O) groups is 2. The van der Waals surface area contributed by atoms with Gasteiger partial charge in [-0.3, -0.25) is 15.0 Å². The monoisotopic (exact) mass is 650 g/mol. The van der Waals surface area contributed by atoms with Crippen molar-refractivity contribution in [2.75, 3.05) is 6.61 Å². The third-order valence-electron chi connectivity index (χ3n) is 4.97. The Morgan fingerprint density at radius 3 is 2.56 bits per heavy atom. The molecule has 3 aromatic rings. The van der Waals surface area contributed by atoms with Crippen LogP contribution in [-0.2, 0) is 11.4 Å². The predicted octanol–water partition coefficient (Wildman–Crippen LogP) is 6.47. The van der Waals surface area contributed by atoms with Crippen LogP contribution in [0.4, 0.5) is 0 Å². The summed E-state index contributed by atoms with van der Waals surface area (Å²) in [6.45, 7) is 2.76. The zero-order chi connectivity index (χ0) is 25.7. The van der Waals surface area contributed by atoms with E-state index in [-0.39, 0.29) is 4.32 Å².